The third kappa shape index (κ3) is 4.50. The van der Waals surface area contributed by atoms with E-state index in [1.165, 1.54) is 51.5 Å². The van der Waals surface area contributed by atoms with E-state index < -0.39 is 0 Å². The molecule has 51 heavy (non-hydrogen) atoms. The Hall–Kier alpha value is -6.08. The quantitative estimate of drug-likeness (QED) is 0.200. The van der Waals surface area contributed by atoms with Crippen LogP contribution < -0.4 is 5.32 Å². The number of hydrogen-bond donors (Lipinski definition) is 1. The first-order chi connectivity index (χ1) is 25.3. The summed E-state index contributed by atoms with van der Waals surface area (Å²) in [6.45, 7) is 0. The zero-order valence-electron chi connectivity index (χ0n) is 27.1. The van der Waals surface area contributed by atoms with E-state index in [1.54, 1.807) is 0 Å². The minimum Gasteiger partial charge on any atom is -0.456 e. The van der Waals surface area contributed by atoms with Crippen molar-refractivity contribution in [3.8, 4) is 11.1 Å². The molecular weight excluding hydrogens is 663 g/mol. The van der Waals surface area contributed by atoms with Gasteiger partial charge in [0.05, 0.1) is 0 Å². The first-order valence-corrected chi connectivity index (χ1v) is 18.6. The standard InChI is InChI=1S/C45H27N3OS2/c1-2-11-26(12-3-1)43-46-44(48-45(47-43)34-18-10-22-39-41(34)33-14-5-7-21-38(33)50-39)27-23-24-32-36(25-27)49-35-19-9-15-29(40(32)35)31-17-8-16-30-28-13-4-6-20-37(28)51-42(30)31/h1-25,45H,(H,46,47,48). The lowest BCUT2D eigenvalue weighted by atomic mass is 9.97. The average Bonchev–Trinajstić information content (AvgIpc) is 3.89. The zero-order chi connectivity index (χ0) is 33.5. The molecule has 3 aromatic heterocycles. The van der Waals surface area contributed by atoms with Crippen molar-refractivity contribution in [2.45, 2.75) is 6.17 Å². The van der Waals surface area contributed by atoms with Crippen molar-refractivity contribution in [1.82, 2.24) is 5.32 Å². The van der Waals surface area contributed by atoms with Crippen molar-refractivity contribution in [1.29, 1.82) is 0 Å². The van der Waals surface area contributed by atoms with Crippen LogP contribution in [0.1, 0.15) is 22.9 Å². The summed E-state index contributed by atoms with van der Waals surface area (Å²) in [4.78, 5) is 10.4. The Bertz CT molecular complexity index is 3070. The lowest BCUT2D eigenvalue weighted by Crippen LogP contribution is -2.33. The summed E-state index contributed by atoms with van der Waals surface area (Å²) in [5.74, 6) is 1.47. The Morgan fingerprint density at radius 1 is 0.510 bits per heavy atom. The van der Waals surface area contributed by atoms with Crippen LogP contribution in [0.3, 0.4) is 0 Å². The van der Waals surface area contributed by atoms with Gasteiger partial charge in [-0.05, 0) is 42.0 Å². The Morgan fingerprint density at radius 3 is 2.14 bits per heavy atom. The first kappa shape index (κ1) is 28.7. The molecule has 1 aliphatic heterocycles. The lowest BCUT2D eigenvalue weighted by molar-refractivity contribution is 0.668. The molecule has 11 rings (SSSR count). The van der Waals surface area contributed by atoms with Crippen LogP contribution in [0.25, 0.3) is 73.4 Å². The molecule has 0 amide bonds. The molecular formula is C45H27N3OS2. The van der Waals surface area contributed by atoms with Gasteiger partial charge in [0.2, 0.25) is 0 Å². The van der Waals surface area contributed by atoms with Crippen LogP contribution in [0.15, 0.2) is 166 Å². The van der Waals surface area contributed by atoms with Gasteiger partial charge in [0.1, 0.15) is 23.2 Å². The summed E-state index contributed by atoms with van der Waals surface area (Å²) in [7, 11) is 0. The van der Waals surface area contributed by atoms with Gasteiger partial charge in [-0.3, -0.25) is 0 Å². The number of benzene rings is 7. The maximum atomic E-state index is 6.62. The van der Waals surface area contributed by atoms with Gasteiger partial charge in [-0.15, -0.1) is 22.7 Å². The van der Waals surface area contributed by atoms with Crippen LogP contribution >= 0.6 is 22.7 Å². The SMILES string of the molecule is c1ccc(C2=NC(c3ccc4c(c3)oc3cccc(-c5cccc6c5sc5ccccc56)c34)=NC(c3cccc4sc5ccccc5c34)N2)cc1. The molecule has 1 unspecified atom stereocenters. The minimum atomic E-state index is -0.325. The molecule has 0 saturated heterocycles. The molecule has 4 heterocycles. The zero-order valence-corrected chi connectivity index (χ0v) is 28.8. The molecule has 10 aromatic rings. The maximum absolute atomic E-state index is 6.62. The van der Waals surface area contributed by atoms with Crippen molar-refractivity contribution >= 4 is 96.6 Å². The minimum absolute atomic E-state index is 0.325. The van der Waals surface area contributed by atoms with Crippen LogP contribution in [0.2, 0.25) is 0 Å². The smallest absolute Gasteiger partial charge is 0.159 e. The fourth-order valence-electron chi connectivity index (χ4n) is 7.66. The Labute approximate surface area is 300 Å². The highest BCUT2D eigenvalue weighted by Gasteiger charge is 2.25. The molecule has 1 atom stereocenters. The van der Waals surface area contributed by atoms with Crippen molar-refractivity contribution in [2.75, 3.05) is 0 Å². The molecule has 4 nitrogen and oxygen atoms in total. The molecule has 0 saturated carbocycles. The molecule has 1 aliphatic rings. The van der Waals surface area contributed by atoms with Gasteiger partial charge in [-0.1, -0.05) is 115 Å². The van der Waals surface area contributed by atoms with E-state index in [2.05, 4.69) is 139 Å². The largest absolute Gasteiger partial charge is 0.456 e. The summed E-state index contributed by atoms with van der Waals surface area (Å²) >= 11 is 3.67. The number of rotatable bonds is 4. The fraction of sp³-hybridized carbons (Fsp3) is 0.0222. The summed E-state index contributed by atoms with van der Waals surface area (Å²) < 4.78 is 11.7. The number of nitrogens with zero attached hydrogens (tertiary/aromatic N) is 2. The van der Waals surface area contributed by atoms with Crippen LogP contribution in [0.5, 0.6) is 0 Å². The second-order valence-electron chi connectivity index (χ2n) is 12.9. The monoisotopic (exact) mass is 689 g/mol. The van der Waals surface area contributed by atoms with Gasteiger partial charge in [-0.25, -0.2) is 9.98 Å². The number of hydrogen-bond acceptors (Lipinski definition) is 6. The highest BCUT2D eigenvalue weighted by molar-refractivity contribution is 7.26. The Balaban J connectivity index is 1.08. The molecule has 7 aromatic carbocycles. The van der Waals surface area contributed by atoms with Gasteiger partial charge in [0, 0.05) is 73.4 Å². The summed E-state index contributed by atoms with van der Waals surface area (Å²) in [5.41, 5.74) is 7.15. The summed E-state index contributed by atoms with van der Waals surface area (Å²) in [5, 5.41) is 11.0. The summed E-state index contributed by atoms with van der Waals surface area (Å²) in [6.07, 6.45) is -0.325. The van der Waals surface area contributed by atoms with Gasteiger partial charge < -0.3 is 9.73 Å². The van der Waals surface area contributed by atoms with E-state index in [0.29, 0.717) is 5.84 Å². The third-order valence-electron chi connectivity index (χ3n) is 9.97. The molecule has 0 radical (unpaired) electrons. The second-order valence-corrected chi connectivity index (χ2v) is 15.1. The van der Waals surface area contributed by atoms with Gasteiger partial charge in [0.15, 0.2) is 5.84 Å². The second kappa shape index (κ2) is 11.2. The summed E-state index contributed by atoms with van der Waals surface area (Å²) in [6, 6.07) is 53.6. The van der Waals surface area contributed by atoms with E-state index in [1.807, 2.05) is 40.9 Å². The Morgan fingerprint density at radius 2 is 1.24 bits per heavy atom. The molecule has 1 N–H and O–H groups in total. The van der Waals surface area contributed by atoms with E-state index in [-0.39, 0.29) is 6.17 Å². The first-order valence-electron chi connectivity index (χ1n) is 17.0. The normalized spacial score (nSPS) is 14.9. The van der Waals surface area contributed by atoms with Crippen molar-refractivity contribution in [3.63, 3.8) is 0 Å². The van der Waals surface area contributed by atoms with E-state index in [0.717, 1.165) is 44.5 Å². The van der Waals surface area contributed by atoms with Crippen molar-refractivity contribution in [2.24, 2.45) is 9.98 Å². The number of fused-ring (bicyclic) bond motifs is 9. The molecule has 240 valence electrons. The number of aliphatic imine (C=N–C) groups is 2. The maximum Gasteiger partial charge on any atom is 0.159 e. The molecule has 0 fully saturated rings. The van der Waals surface area contributed by atoms with Gasteiger partial charge >= 0.3 is 0 Å². The highest BCUT2D eigenvalue weighted by Crippen LogP contribution is 2.44. The Kier molecular flexibility index (Phi) is 6.32. The predicted molar refractivity (Wildman–Crippen MR) is 217 cm³/mol. The number of nitrogens with one attached hydrogen (secondary N) is 1. The van der Waals surface area contributed by atoms with Crippen LogP contribution in [0.4, 0.5) is 0 Å². The number of amidine groups is 2. The van der Waals surface area contributed by atoms with Crippen LogP contribution in [0, 0.1) is 0 Å². The van der Waals surface area contributed by atoms with E-state index in [9.17, 15) is 0 Å². The van der Waals surface area contributed by atoms with Crippen LogP contribution in [-0.2, 0) is 0 Å². The molecule has 6 heteroatoms. The van der Waals surface area contributed by atoms with Crippen molar-refractivity contribution in [3.05, 3.63) is 168 Å². The van der Waals surface area contributed by atoms with Crippen LogP contribution in [-0.4, -0.2) is 11.7 Å². The fourth-order valence-corrected chi connectivity index (χ4v) is 10.0. The van der Waals surface area contributed by atoms with Gasteiger partial charge in [-0.2, -0.15) is 0 Å². The molecule has 0 spiro atoms. The number of furan rings is 1. The topological polar surface area (TPSA) is 49.9 Å². The number of thiophene rings is 2. The average molecular weight is 690 g/mol. The van der Waals surface area contributed by atoms with E-state index in [4.69, 9.17) is 14.4 Å². The molecule has 0 aliphatic carbocycles. The third-order valence-corrected chi connectivity index (χ3v) is 12.3. The van der Waals surface area contributed by atoms with Gasteiger partial charge in [0.25, 0.3) is 0 Å². The van der Waals surface area contributed by atoms with E-state index >= 15 is 0 Å². The van der Waals surface area contributed by atoms with Crippen molar-refractivity contribution < 1.29 is 4.42 Å². The lowest BCUT2D eigenvalue weighted by Gasteiger charge is -2.24. The highest BCUT2D eigenvalue weighted by atomic mass is 32.1. The predicted octanol–water partition coefficient (Wildman–Crippen LogP) is 12.5. The molecule has 0 bridgehead atoms.